The summed E-state index contributed by atoms with van der Waals surface area (Å²) >= 11 is 0. The second-order valence-corrected chi connectivity index (χ2v) is 5.58. The van der Waals surface area contributed by atoms with E-state index in [4.69, 9.17) is 9.47 Å². The van der Waals surface area contributed by atoms with Crippen LogP contribution in [-0.4, -0.2) is 38.4 Å². The topological polar surface area (TPSA) is 82.3 Å². The van der Waals surface area contributed by atoms with E-state index < -0.39 is 13.0 Å². The minimum absolute atomic E-state index is 0.115. The predicted molar refractivity (Wildman–Crippen MR) is 92.5 cm³/mol. The van der Waals surface area contributed by atoms with Crippen molar-refractivity contribution in [1.29, 1.82) is 0 Å². The summed E-state index contributed by atoms with van der Waals surface area (Å²) in [5, 5.41) is 13.4. The van der Waals surface area contributed by atoms with E-state index in [1.165, 1.54) is 24.2 Å². The van der Waals surface area contributed by atoms with Crippen molar-refractivity contribution in [3.8, 4) is 23.0 Å². The molecular weight excluding hydrogens is 358 g/mol. The van der Waals surface area contributed by atoms with Crippen LogP contribution in [0.5, 0.6) is 11.6 Å². The maximum absolute atomic E-state index is 12.8. The number of hydrogen-bond acceptors (Lipinski definition) is 6. The van der Waals surface area contributed by atoms with Crippen molar-refractivity contribution in [2.75, 3.05) is 7.11 Å². The minimum Gasteiger partial charge on any atom is -0.487 e. The van der Waals surface area contributed by atoms with Crippen molar-refractivity contribution < 1.29 is 23.4 Å². The van der Waals surface area contributed by atoms with Gasteiger partial charge < -0.3 is 14.6 Å². The minimum atomic E-state index is -2.52. The summed E-state index contributed by atoms with van der Waals surface area (Å²) in [7, 11) is 1.48. The molecule has 1 N–H and O–H groups in total. The van der Waals surface area contributed by atoms with Crippen LogP contribution < -0.4 is 9.47 Å². The van der Waals surface area contributed by atoms with E-state index in [0.717, 1.165) is 0 Å². The van der Waals surface area contributed by atoms with Crippen LogP contribution in [0.4, 0.5) is 8.78 Å². The fraction of sp³-hybridized carbons (Fsp3) is 0.278. The summed E-state index contributed by atoms with van der Waals surface area (Å²) in [6, 6.07) is 6.73. The molecule has 9 heteroatoms. The number of hydrogen-bond donors (Lipinski definition) is 1. The van der Waals surface area contributed by atoms with Gasteiger partial charge in [-0.15, -0.1) is 0 Å². The Morgan fingerprint density at radius 2 is 2.04 bits per heavy atom. The number of aliphatic hydroxyl groups is 1. The Morgan fingerprint density at radius 3 is 2.78 bits per heavy atom. The number of halogens is 2. The first-order chi connectivity index (χ1) is 13.1. The van der Waals surface area contributed by atoms with Gasteiger partial charge in [-0.25, -0.2) is 13.8 Å². The number of methoxy groups -OCH3 is 1. The van der Waals surface area contributed by atoms with Crippen molar-refractivity contribution in [2.24, 2.45) is 0 Å². The summed E-state index contributed by atoms with van der Waals surface area (Å²) in [6.45, 7) is -0.643. The first-order valence-corrected chi connectivity index (χ1v) is 8.13. The third kappa shape index (κ3) is 4.37. The average Bonchev–Trinajstić information content (AvgIpc) is 3.13. The molecule has 3 heterocycles. The molecule has 0 saturated heterocycles. The quantitative estimate of drug-likeness (QED) is 0.651. The van der Waals surface area contributed by atoms with E-state index in [1.54, 1.807) is 30.5 Å². The highest BCUT2D eigenvalue weighted by atomic mass is 19.3. The molecule has 0 amide bonds. The Balaban J connectivity index is 1.85. The Hall–Kier alpha value is -3.07. The van der Waals surface area contributed by atoms with Crippen LogP contribution in [-0.2, 0) is 19.8 Å². The second-order valence-electron chi connectivity index (χ2n) is 5.58. The van der Waals surface area contributed by atoms with Gasteiger partial charge in [-0.05, 0) is 12.1 Å². The highest BCUT2D eigenvalue weighted by molar-refractivity contribution is 5.58. The molecule has 3 aromatic rings. The smallest absolute Gasteiger partial charge is 0.257 e. The van der Waals surface area contributed by atoms with Gasteiger partial charge in [-0.1, -0.05) is 6.07 Å². The standard InChI is InChI=1S/C18H18F2N4O3/c1-26-17-7-13(10-25)15(8-22-17)27-11-12-3-2-5-21-18(12)14-4-6-23-24(14)9-16(19)20/h2-8,16,25H,9-11H2,1H3. The summed E-state index contributed by atoms with van der Waals surface area (Å²) in [4.78, 5) is 8.37. The Kier molecular flexibility index (Phi) is 5.92. The molecule has 0 aromatic carbocycles. The lowest BCUT2D eigenvalue weighted by Crippen LogP contribution is -2.11. The maximum atomic E-state index is 12.8. The number of rotatable bonds is 8. The molecule has 0 atom stereocenters. The molecule has 0 aliphatic heterocycles. The molecule has 3 rings (SSSR count). The van der Waals surface area contributed by atoms with Gasteiger partial charge >= 0.3 is 0 Å². The van der Waals surface area contributed by atoms with Crippen molar-refractivity contribution >= 4 is 0 Å². The number of aliphatic hydroxyl groups excluding tert-OH is 1. The fourth-order valence-electron chi connectivity index (χ4n) is 2.58. The molecule has 142 valence electrons. The summed E-state index contributed by atoms with van der Waals surface area (Å²) < 4.78 is 37.5. The molecule has 0 bridgehead atoms. The highest BCUT2D eigenvalue weighted by Crippen LogP contribution is 2.26. The van der Waals surface area contributed by atoms with Crippen LogP contribution >= 0.6 is 0 Å². The summed E-state index contributed by atoms with van der Waals surface area (Å²) in [6.07, 6.45) is 1.96. The van der Waals surface area contributed by atoms with Crippen LogP contribution in [0.1, 0.15) is 11.1 Å². The van der Waals surface area contributed by atoms with Gasteiger partial charge in [0.25, 0.3) is 6.43 Å². The third-order valence-electron chi connectivity index (χ3n) is 3.85. The van der Waals surface area contributed by atoms with Crippen molar-refractivity contribution in [1.82, 2.24) is 19.7 Å². The normalized spacial score (nSPS) is 11.0. The number of nitrogens with zero attached hydrogens (tertiary/aromatic N) is 4. The SMILES string of the molecule is COc1cc(CO)c(OCc2cccnc2-c2ccnn2CC(F)F)cn1. The molecule has 0 unspecified atom stereocenters. The van der Waals surface area contributed by atoms with Crippen LogP contribution in [0.25, 0.3) is 11.4 Å². The zero-order valence-electron chi connectivity index (χ0n) is 14.5. The van der Waals surface area contributed by atoms with E-state index in [1.807, 2.05) is 0 Å². The first-order valence-electron chi connectivity index (χ1n) is 8.13. The number of aromatic nitrogens is 4. The monoisotopic (exact) mass is 376 g/mol. The van der Waals surface area contributed by atoms with Crippen LogP contribution in [0.3, 0.4) is 0 Å². The Labute approximate surface area is 154 Å². The van der Waals surface area contributed by atoms with Gasteiger partial charge in [0.2, 0.25) is 5.88 Å². The maximum Gasteiger partial charge on any atom is 0.257 e. The summed E-state index contributed by atoms with van der Waals surface area (Å²) in [5.74, 6) is 0.763. The Morgan fingerprint density at radius 1 is 1.19 bits per heavy atom. The highest BCUT2D eigenvalue weighted by Gasteiger charge is 2.15. The van der Waals surface area contributed by atoms with E-state index in [0.29, 0.717) is 34.1 Å². The predicted octanol–water partition coefficient (Wildman–Crippen LogP) is 2.69. The van der Waals surface area contributed by atoms with E-state index in [9.17, 15) is 13.9 Å². The molecule has 0 aliphatic carbocycles. The molecule has 0 radical (unpaired) electrons. The molecule has 0 fully saturated rings. The molecule has 3 aromatic heterocycles. The van der Waals surface area contributed by atoms with Gasteiger partial charge in [0, 0.05) is 29.6 Å². The van der Waals surface area contributed by atoms with Crippen molar-refractivity contribution in [2.45, 2.75) is 26.2 Å². The van der Waals surface area contributed by atoms with E-state index >= 15 is 0 Å². The zero-order chi connectivity index (χ0) is 19.2. The fourth-order valence-corrected chi connectivity index (χ4v) is 2.58. The first kappa shape index (κ1) is 18.7. The molecule has 0 saturated carbocycles. The van der Waals surface area contributed by atoms with Crippen molar-refractivity contribution in [3.63, 3.8) is 0 Å². The average molecular weight is 376 g/mol. The lowest BCUT2D eigenvalue weighted by Gasteiger charge is -2.14. The summed E-state index contributed by atoms with van der Waals surface area (Å²) in [5.41, 5.74) is 2.19. The third-order valence-corrected chi connectivity index (χ3v) is 3.85. The molecular formula is C18H18F2N4O3. The van der Waals surface area contributed by atoms with Gasteiger partial charge in [0.05, 0.1) is 31.3 Å². The van der Waals surface area contributed by atoms with Crippen molar-refractivity contribution in [3.05, 3.63) is 54.0 Å². The number of alkyl halides is 2. The molecule has 7 nitrogen and oxygen atoms in total. The molecule has 0 spiro atoms. The van der Waals surface area contributed by atoms with E-state index in [-0.39, 0.29) is 13.2 Å². The lowest BCUT2D eigenvalue weighted by atomic mass is 10.1. The van der Waals surface area contributed by atoms with Crippen LogP contribution in [0.15, 0.2) is 42.9 Å². The van der Waals surface area contributed by atoms with Gasteiger partial charge in [-0.3, -0.25) is 9.67 Å². The number of ether oxygens (including phenoxy) is 2. The van der Waals surface area contributed by atoms with E-state index in [2.05, 4.69) is 15.1 Å². The van der Waals surface area contributed by atoms with Gasteiger partial charge in [0.1, 0.15) is 18.9 Å². The van der Waals surface area contributed by atoms with Crippen LogP contribution in [0, 0.1) is 0 Å². The van der Waals surface area contributed by atoms with Crippen LogP contribution in [0.2, 0.25) is 0 Å². The largest absolute Gasteiger partial charge is 0.487 e. The Bertz CT molecular complexity index is 902. The van der Waals surface area contributed by atoms with Gasteiger partial charge in [0.15, 0.2) is 0 Å². The molecule has 0 aliphatic rings. The lowest BCUT2D eigenvalue weighted by molar-refractivity contribution is 0.122. The van der Waals surface area contributed by atoms with Gasteiger partial charge in [-0.2, -0.15) is 5.10 Å². The zero-order valence-corrected chi connectivity index (χ0v) is 14.5. The molecule has 27 heavy (non-hydrogen) atoms. The number of pyridine rings is 2. The second kappa shape index (κ2) is 8.54.